The number of hydrogen-bond donors (Lipinski definition) is 2. The third-order valence-electron chi connectivity index (χ3n) is 2.77. The number of thiazole rings is 1. The second-order valence-corrected chi connectivity index (χ2v) is 5.17. The van der Waals surface area contributed by atoms with Crippen molar-refractivity contribution in [3.63, 3.8) is 0 Å². The molecule has 3 rings (SSSR count). The molecule has 0 saturated heterocycles. The number of nitro groups is 1. The largest absolute Gasteiger partial charge is 0.372 e. The highest BCUT2D eigenvalue weighted by molar-refractivity contribution is 7.15. The van der Waals surface area contributed by atoms with Crippen molar-refractivity contribution in [1.29, 1.82) is 0 Å². The van der Waals surface area contributed by atoms with Gasteiger partial charge in [0, 0.05) is 11.4 Å². The van der Waals surface area contributed by atoms with Gasteiger partial charge in [0.05, 0.1) is 6.54 Å². The third-order valence-corrected chi connectivity index (χ3v) is 3.53. The van der Waals surface area contributed by atoms with Gasteiger partial charge in [-0.2, -0.15) is 9.38 Å². The number of imidazole rings is 1. The number of nitrogens with zero attached hydrogens (tertiary/aromatic N) is 3. The van der Waals surface area contributed by atoms with Crippen LogP contribution in [0.3, 0.4) is 0 Å². The van der Waals surface area contributed by atoms with Crippen molar-refractivity contribution in [2.24, 2.45) is 0 Å². The van der Waals surface area contributed by atoms with Crippen LogP contribution in [0.1, 0.15) is 12.8 Å². The van der Waals surface area contributed by atoms with E-state index in [1.807, 2.05) is 0 Å². The first kappa shape index (κ1) is 11.9. The zero-order valence-electron chi connectivity index (χ0n) is 9.83. The molecule has 2 aromatic rings. The SMILES string of the molecule is O=C(CNc1nc2sccn2c1[N+](=O)[O-])NC1CC1. The number of aromatic nitrogens is 2. The van der Waals surface area contributed by atoms with Crippen LogP contribution in [0, 0.1) is 10.1 Å². The van der Waals surface area contributed by atoms with E-state index in [9.17, 15) is 14.9 Å². The molecule has 0 radical (unpaired) electrons. The first-order chi connectivity index (χ1) is 9.15. The molecular weight excluding hydrogens is 270 g/mol. The van der Waals surface area contributed by atoms with E-state index in [1.54, 1.807) is 11.6 Å². The topological polar surface area (TPSA) is 102 Å². The van der Waals surface area contributed by atoms with Gasteiger partial charge in [0.25, 0.3) is 4.96 Å². The van der Waals surface area contributed by atoms with E-state index < -0.39 is 4.92 Å². The molecule has 19 heavy (non-hydrogen) atoms. The Morgan fingerprint density at radius 1 is 1.63 bits per heavy atom. The Labute approximate surface area is 111 Å². The highest BCUT2D eigenvalue weighted by atomic mass is 32.1. The summed E-state index contributed by atoms with van der Waals surface area (Å²) in [4.78, 5) is 26.7. The van der Waals surface area contributed by atoms with Gasteiger partial charge >= 0.3 is 5.82 Å². The van der Waals surface area contributed by atoms with Gasteiger partial charge in [-0.25, -0.2) is 0 Å². The summed E-state index contributed by atoms with van der Waals surface area (Å²) >= 11 is 1.30. The Kier molecular flexibility index (Phi) is 2.82. The van der Waals surface area contributed by atoms with Gasteiger partial charge < -0.3 is 20.7 Å². The highest BCUT2D eigenvalue weighted by Crippen LogP contribution is 2.27. The summed E-state index contributed by atoms with van der Waals surface area (Å²) in [6.45, 7) is -0.0117. The van der Waals surface area contributed by atoms with Crippen LogP contribution in [0.4, 0.5) is 11.6 Å². The molecular formula is C10H11N5O3S. The highest BCUT2D eigenvalue weighted by Gasteiger charge is 2.26. The molecule has 1 fully saturated rings. The minimum absolute atomic E-state index is 0.0117. The van der Waals surface area contributed by atoms with Gasteiger partial charge in [0.15, 0.2) is 0 Å². The first-order valence-corrected chi connectivity index (χ1v) is 6.66. The van der Waals surface area contributed by atoms with Crippen LogP contribution in [0.5, 0.6) is 0 Å². The minimum atomic E-state index is -0.506. The summed E-state index contributed by atoms with van der Waals surface area (Å²) in [5.41, 5.74) is 0. The van der Waals surface area contributed by atoms with Crippen LogP contribution in [-0.2, 0) is 4.79 Å². The monoisotopic (exact) mass is 281 g/mol. The quantitative estimate of drug-likeness (QED) is 0.628. The Balaban J connectivity index is 1.75. The van der Waals surface area contributed by atoms with Crippen molar-refractivity contribution in [1.82, 2.24) is 14.7 Å². The van der Waals surface area contributed by atoms with E-state index in [0.717, 1.165) is 12.8 Å². The van der Waals surface area contributed by atoms with Gasteiger partial charge in [-0.15, -0.1) is 0 Å². The lowest BCUT2D eigenvalue weighted by molar-refractivity contribution is -0.389. The van der Waals surface area contributed by atoms with Gasteiger partial charge in [-0.1, -0.05) is 11.3 Å². The Morgan fingerprint density at radius 2 is 2.42 bits per heavy atom. The number of anilines is 1. The molecule has 2 heterocycles. The van der Waals surface area contributed by atoms with Crippen LogP contribution < -0.4 is 10.6 Å². The van der Waals surface area contributed by atoms with E-state index in [4.69, 9.17) is 0 Å². The summed E-state index contributed by atoms with van der Waals surface area (Å²) in [6, 6.07) is 0.273. The van der Waals surface area contributed by atoms with E-state index in [-0.39, 0.29) is 30.1 Å². The smallest absolute Gasteiger partial charge is 0.358 e. The maximum atomic E-state index is 11.5. The molecule has 0 aliphatic heterocycles. The van der Waals surface area contributed by atoms with Crippen LogP contribution >= 0.6 is 11.3 Å². The normalized spacial score (nSPS) is 14.5. The Morgan fingerprint density at radius 3 is 3.11 bits per heavy atom. The van der Waals surface area contributed by atoms with Crippen molar-refractivity contribution in [3.05, 3.63) is 21.7 Å². The van der Waals surface area contributed by atoms with Crippen LogP contribution in [0.15, 0.2) is 11.6 Å². The average molecular weight is 281 g/mol. The van der Waals surface area contributed by atoms with E-state index in [0.29, 0.717) is 4.96 Å². The summed E-state index contributed by atoms with van der Waals surface area (Å²) < 4.78 is 1.39. The lowest BCUT2D eigenvalue weighted by Gasteiger charge is -2.04. The molecule has 0 spiro atoms. The summed E-state index contributed by atoms with van der Waals surface area (Å²) in [7, 11) is 0. The molecule has 0 unspecified atom stereocenters. The lowest BCUT2D eigenvalue weighted by Crippen LogP contribution is -2.31. The number of hydrogen-bond acceptors (Lipinski definition) is 6. The molecule has 2 N–H and O–H groups in total. The van der Waals surface area contributed by atoms with Gasteiger partial charge in [0.1, 0.15) is 6.20 Å². The third kappa shape index (κ3) is 2.36. The maximum Gasteiger partial charge on any atom is 0.372 e. The lowest BCUT2D eigenvalue weighted by atomic mass is 10.5. The van der Waals surface area contributed by atoms with Crippen LogP contribution in [0.25, 0.3) is 4.96 Å². The second kappa shape index (κ2) is 4.50. The zero-order valence-corrected chi connectivity index (χ0v) is 10.6. The molecule has 100 valence electrons. The molecule has 1 aliphatic carbocycles. The molecule has 1 aliphatic rings. The van der Waals surface area contributed by atoms with Crippen molar-refractivity contribution in [2.75, 3.05) is 11.9 Å². The maximum absolute atomic E-state index is 11.5. The second-order valence-electron chi connectivity index (χ2n) is 4.29. The fourth-order valence-corrected chi connectivity index (χ4v) is 2.45. The van der Waals surface area contributed by atoms with Crippen molar-refractivity contribution in [3.8, 4) is 0 Å². The van der Waals surface area contributed by atoms with Gasteiger partial charge in [-0.3, -0.25) is 4.79 Å². The first-order valence-electron chi connectivity index (χ1n) is 5.78. The standard InChI is InChI=1S/C10H11N5O3S/c16-7(12-6-1-2-6)5-11-8-9(15(17)18)14-3-4-19-10(14)13-8/h3-4,6,11H,1-2,5H2,(H,12,16). The molecule has 8 nitrogen and oxygen atoms in total. The predicted molar refractivity (Wildman–Crippen MR) is 69.4 cm³/mol. The molecule has 1 amide bonds. The number of carbonyl (C=O) groups is 1. The Hall–Kier alpha value is -2.16. The molecule has 1 saturated carbocycles. The van der Waals surface area contributed by atoms with Crippen molar-refractivity contribution >= 4 is 33.8 Å². The van der Waals surface area contributed by atoms with E-state index >= 15 is 0 Å². The fraction of sp³-hybridized carbons (Fsp3) is 0.400. The number of carbonyl (C=O) groups excluding carboxylic acids is 1. The number of fused-ring (bicyclic) bond motifs is 1. The summed E-state index contributed by atoms with van der Waals surface area (Å²) in [5.74, 6) is -0.188. The van der Waals surface area contributed by atoms with Crippen molar-refractivity contribution in [2.45, 2.75) is 18.9 Å². The van der Waals surface area contributed by atoms with E-state index in [2.05, 4.69) is 15.6 Å². The zero-order chi connectivity index (χ0) is 13.4. The number of nitrogens with one attached hydrogen (secondary N) is 2. The fourth-order valence-electron chi connectivity index (χ4n) is 1.74. The molecule has 0 aromatic carbocycles. The van der Waals surface area contributed by atoms with Crippen molar-refractivity contribution < 1.29 is 9.72 Å². The summed E-state index contributed by atoms with van der Waals surface area (Å²) in [5, 5.41) is 18.3. The Bertz CT molecular complexity index is 645. The van der Waals surface area contributed by atoms with Crippen LogP contribution in [0.2, 0.25) is 0 Å². The predicted octanol–water partition coefficient (Wildman–Crippen LogP) is 0.994. The molecule has 2 aromatic heterocycles. The number of rotatable bonds is 5. The molecule has 0 atom stereocenters. The molecule has 0 bridgehead atoms. The molecule has 9 heteroatoms. The van der Waals surface area contributed by atoms with Gasteiger partial charge in [-0.05, 0) is 17.8 Å². The van der Waals surface area contributed by atoms with Crippen LogP contribution in [-0.4, -0.2) is 32.8 Å². The van der Waals surface area contributed by atoms with Gasteiger partial charge in [0.2, 0.25) is 11.7 Å². The number of amides is 1. The summed E-state index contributed by atoms with van der Waals surface area (Å²) in [6.07, 6.45) is 3.60. The minimum Gasteiger partial charge on any atom is -0.358 e. The average Bonchev–Trinajstić information content (AvgIpc) is 2.92. The van der Waals surface area contributed by atoms with E-state index in [1.165, 1.54) is 15.7 Å².